The van der Waals surface area contributed by atoms with Crippen LogP contribution < -0.4 is 5.72 Å². The van der Waals surface area contributed by atoms with Crippen molar-refractivity contribution in [3.05, 3.63) is 42.6 Å². The third kappa shape index (κ3) is 1.54. The lowest BCUT2D eigenvalue weighted by molar-refractivity contribution is 0.965. The third-order valence-electron chi connectivity index (χ3n) is 2.82. The first kappa shape index (κ1) is 7.84. The number of hydrogen-bond acceptors (Lipinski definition) is 3. The van der Waals surface area contributed by atoms with E-state index in [4.69, 9.17) is 2.82 Å². The fraction of sp³-hybridized carbons (Fsp3) is 0.0769. The van der Waals surface area contributed by atoms with Gasteiger partial charge in [0.05, 0.1) is 5.52 Å². The second-order valence-electron chi connectivity index (χ2n) is 3.90. The number of benzene rings is 1. The Balaban J connectivity index is 2.18. The maximum Gasteiger partial charge on any atom is 0.202 e. The largest absolute Gasteiger partial charge is 0.369 e. The number of pyridine rings is 1. The Labute approximate surface area is 102 Å². The van der Waals surface area contributed by atoms with Crippen molar-refractivity contribution in [3.63, 3.8) is 0 Å². The van der Waals surface area contributed by atoms with Crippen LogP contribution in [-0.2, 0) is 7.05 Å². The lowest BCUT2D eigenvalue weighted by atomic mass is 10.1. The van der Waals surface area contributed by atoms with Gasteiger partial charge in [-0.2, -0.15) is 4.98 Å². The fourth-order valence-corrected chi connectivity index (χ4v) is 1.84. The molecule has 0 unspecified atom stereocenters. The number of hydrogen-bond donors (Lipinski definition) is 1. The highest BCUT2D eigenvalue weighted by Crippen LogP contribution is 2.22. The number of anilines is 1. The van der Waals surface area contributed by atoms with Crippen LogP contribution in [0.1, 0.15) is 0 Å². The van der Waals surface area contributed by atoms with E-state index in [2.05, 4.69) is 9.97 Å². The van der Waals surface area contributed by atoms with Gasteiger partial charge in [-0.25, -0.2) is 4.98 Å². The average molecular weight is 226 g/mol. The van der Waals surface area contributed by atoms with Crippen molar-refractivity contribution in [1.29, 1.82) is 0 Å². The second-order valence-corrected chi connectivity index (χ2v) is 3.90. The first-order valence-corrected chi connectivity index (χ1v) is 5.32. The van der Waals surface area contributed by atoms with Gasteiger partial charge in [0.2, 0.25) is 5.95 Å². The smallest absolute Gasteiger partial charge is 0.202 e. The van der Waals surface area contributed by atoms with Crippen LogP contribution in [-0.4, -0.2) is 14.5 Å². The Morgan fingerprint density at radius 2 is 2.06 bits per heavy atom. The maximum atomic E-state index is 7.30. The highest BCUT2D eigenvalue weighted by atomic mass is 15.2. The number of nitrogens with two attached hydrogens (primary N) is 1. The van der Waals surface area contributed by atoms with E-state index in [9.17, 15) is 0 Å². The van der Waals surface area contributed by atoms with Gasteiger partial charge in [-0.3, -0.25) is 0 Å². The van der Waals surface area contributed by atoms with Crippen LogP contribution in [0.4, 0.5) is 5.95 Å². The molecule has 1 aromatic carbocycles. The lowest BCUT2D eigenvalue weighted by Gasteiger charge is -2.01. The number of aromatic nitrogens is 3. The summed E-state index contributed by atoms with van der Waals surface area (Å²) in [5.41, 5.74) is 3.91. The summed E-state index contributed by atoms with van der Waals surface area (Å²) >= 11 is 0. The lowest BCUT2D eigenvalue weighted by Crippen LogP contribution is -1.96. The highest BCUT2D eigenvalue weighted by molar-refractivity contribution is 5.80. The SMILES string of the molecule is [2H]N([2H])c1nc2ncc(-c3ccccc3)cc2n1C. The van der Waals surface area contributed by atoms with Crippen molar-refractivity contribution in [2.24, 2.45) is 7.05 Å². The number of fused-ring (bicyclic) bond motifs is 1. The number of imidazole rings is 1. The zero-order valence-electron chi connectivity index (χ0n) is 11.3. The Hall–Kier alpha value is -2.36. The molecule has 0 saturated heterocycles. The van der Waals surface area contributed by atoms with Crippen LogP contribution in [0.2, 0.25) is 2.82 Å². The number of aryl methyl sites for hydroxylation is 1. The van der Waals surface area contributed by atoms with E-state index in [1.54, 1.807) is 17.8 Å². The molecule has 84 valence electrons. The van der Waals surface area contributed by atoms with Crippen LogP contribution in [0.15, 0.2) is 42.6 Å². The van der Waals surface area contributed by atoms with Gasteiger partial charge >= 0.3 is 0 Å². The molecule has 0 atom stereocenters. The molecular weight excluding hydrogens is 212 g/mol. The average Bonchev–Trinajstić information content (AvgIpc) is 2.77. The quantitative estimate of drug-likeness (QED) is 0.729. The van der Waals surface area contributed by atoms with E-state index in [0.29, 0.717) is 11.4 Å². The second kappa shape index (κ2) is 3.59. The van der Waals surface area contributed by atoms with Gasteiger partial charge in [0, 0.05) is 18.8 Å². The minimum atomic E-state index is 0.243. The van der Waals surface area contributed by atoms with Crippen LogP contribution in [0.5, 0.6) is 0 Å². The molecular formula is C13H12N4. The molecule has 4 heteroatoms. The molecule has 0 bridgehead atoms. The van der Waals surface area contributed by atoms with Gasteiger partial charge in [0.25, 0.3) is 0 Å². The van der Waals surface area contributed by atoms with Gasteiger partial charge in [-0.15, -0.1) is 0 Å². The molecule has 0 fully saturated rings. The normalized spacial score (nSPS) is 12.3. The summed E-state index contributed by atoms with van der Waals surface area (Å²) in [7, 11) is 1.78. The van der Waals surface area contributed by atoms with E-state index in [1.807, 2.05) is 36.4 Å². The van der Waals surface area contributed by atoms with Crippen molar-refractivity contribution in [2.75, 3.05) is 5.72 Å². The highest BCUT2D eigenvalue weighted by Gasteiger charge is 2.07. The van der Waals surface area contributed by atoms with Crippen molar-refractivity contribution >= 4 is 17.1 Å². The Morgan fingerprint density at radius 3 is 2.82 bits per heavy atom. The first-order valence-electron chi connectivity index (χ1n) is 6.22. The predicted octanol–water partition coefficient (Wildman–Crippen LogP) is 2.22. The molecule has 0 aliphatic rings. The van der Waals surface area contributed by atoms with Crippen molar-refractivity contribution in [1.82, 2.24) is 14.5 Å². The summed E-state index contributed by atoms with van der Waals surface area (Å²) in [6.45, 7) is 0. The van der Waals surface area contributed by atoms with E-state index in [0.717, 1.165) is 16.6 Å². The molecule has 0 amide bonds. The fourth-order valence-electron chi connectivity index (χ4n) is 1.84. The minimum Gasteiger partial charge on any atom is -0.369 e. The predicted molar refractivity (Wildman–Crippen MR) is 68.4 cm³/mol. The molecule has 3 rings (SSSR count). The van der Waals surface area contributed by atoms with E-state index in [1.165, 1.54) is 0 Å². The molecule has 0 aliphatic heterocycles. The number of nitrogen functional groups attached to an aromatic ring is 1. The number of rotatable bonds is 2. The molecule has 2 N–H and O–H groups in total. The molecule has 0 aliphatic carbocycles. The van der Waals surface area contributed by atoms with Crippen molar-refractivity contribution in [3.8, 4) is 11.1 Å². The maximum absolute atomic E-state index is 7.30. The molecule has 4 nitrogen and oxygen atoms in total. The topological polar surface area (TPSA) is 56.7 Å². The summed E-state index contributed by atoms with van der Waals surface area (Å²) in [5, 5.41) is 0. The van der Waals surface area contributed by atoms with Crippen LogP contribution in [0, 0.1) is 0 Å². The third-order valence-corrected chi connectivity index (χ3v) is 2.82. The summed E-state index contributed by atoms with van der Waals surface area (Å²) in [4.78, 5) is 8.45. The molecule has 0 radical (unpaired) electrons. The van der Waals surface area contributed by atoms with Crippen molar-refractivity contribution < 1.29 is 2.82 Å². The molecule has 0 spiro atoms. The summed E-state index contributed by atoms with van der Waals surface area (Å²) in [6, 6.07) is 11.9. The monoisotopic (exact) mass is 226 g/mol. The van der Waals surface area contributed by atoms with Gasteiger partial charge in [0.1, 0.15) is 0 Å². The van der Waals surface area contributed by atoms with Gasteiger partial charge in [-0.05, 0) is 11.6 Å². The number of nitrogens with zero attached hydrogens (tertiary/aromatic N) is 3. The molecule has 3 aromatic rings. The zero-order chi connectivity index (χ0) is 13.4. The Kier molecular flexibility index (Phi) is 1.66. The summed E-state index contributed by atoms with van der Waals surface area (Å²) in [6.07, 6.45) is 1.76. The molecule has 2 aromatic heterocycles. The Morgan fingerprint density at radius 1 is 1.24 bits per heavy atom. The van der Waals surface area contributed by atoms with Crippen LogP contribution >= 0.6 is 0 Å². The molecule has 17 heavy (non-hydrogen) atoms. The summed E-state index contributed by atoms with van der Waals surface area (Å²) < 4.78 is 16.3. The zero-order valence-corrected chi connectivity index (χ0v) is 9.33. The Bertz CT molecular complexity index is 722. The van der Waals surface area contributed by atoms with E-state index < -0.39 is 0 Å². The van der Waals surface area contributed by atoms with Gasteiger partial charge in [-0.1, -0.05) is 30.3 Å². The van der Waals surface area contributed by atoms with Crippen molar-refractivity contribution in [2.45, 2.75) is 0 Å². The molecule has 0 saturated carbocycles. The van der Waals surface area contributed by atoms with Gasteiger partial charge in [0.15, 0.2) is 8.47 Å². The van der Waals surface area contributed by atoms with Crippen LogP contribution in [0.25, 0.3) is 22.3 Å². The minimum absolute atomic E-state index is 0.243. The summed E-state index contributed by atoms with van der Waals surface area (Å²) in [5.74, 6) is 0.243. The standard InChI is InChI=1S/C13H12N4/c1-17-11-7-10(9-5-3-2-4-6-9)8-15-12(11)16-13(17)14/h2-8H,1H3,(H2,14,15,16)/i/hD2. The first-order chi connectivity index (χ1) is 9.16. The van der Waals surface area contributed by atoms with E-state index >= 15 is 0 Å². The van der Waals surface area contributed by atoms with E-state index in [-0.39, 0.29) is 5.95 Å². The van der Waals surface area contributed by atoms with Gasteiger partial charge < -0.3 is 10.3 Å². The molecule has 2 heterocycles. The van der Waals surface area contributed by atoms with Crippen LogP contribution in [0.3, 0.4) is 0 Å².